The number of para-hydroxylation sites is 1. The van der Waals surface area contributed by atoms with Gasteiger partial charge in [0, 0.05) is 5.56 Å². The monoisotopic (exact) mass is 493 g/mol. The zero-order valence-electron chi connectivity index (χ0n) is 19.4. The molecule has 2 amide bonds. The highest BCUT2D eigenvalue weighted by atomic mass is 16.6. The number of hydrogen-bond donors (Lipinski definition) is 2. The van der Waals surface area contributed by atoms with Gasteiger partial charge in [0.05, 0.1) is 18.1 Å². The van der Waals surface area contributed by atoms with Crippen LogP contribution in [0.25, 0.3) is 0 Å². The van der Waals surface area contributed by atoms with E-state index in [2.05, 4.69) is 10.6 Å². The maximum absolute atomic E-state index is 12.4. The van der Waals surface area contributed by atoms with Crippen molar-refractivity contribution in [1.82, 2.24) is 5.32 Å². The number of benzene rings is 3. The van der Waals surface area contributed by atoms with Crippen molar-refractivity contribution in [1.29, 1.82) is 0 Å². The Morgan fingerprint density at radius 3 is 2.22 bits per heavy atom. The molecule has 2 N–H and O–H groups in total. The number of rotatable bonds is 10. The van der Waals surface area contributed by atoms with Crippen LogP contribution < -0.4 is 20.1 Å². The van der Waals surface area contributed by atoms with Crippen LogP contribution in [0.3, 0.4) is 0 Å². The summed E-state index contributed by atoms with van der Waals surface area (Å²) < 4.78 is 15.6. The molecular formula is C25H23N3O8. The molecule has 0 aliphatic carbocycles. The Kier molecular flexibility index (Phi) is 8.54. The molecule has 3 aromatic rings. The molecule has 1 unspecified atom stereocenters. The Morgan fingerprint density at radius 2 is 1.58 bits per heavy atom. The first-order chi connectivity index (χ1) is 17.3. The van der Waals surface area contributed by atoms with Gasteiger partial charge < -0.3 is 24.8 Å². The van der Waals surface area contributed by atoms with Crippen LogP contribution in [-0.4, -0.2) is 42.5 Å². The number of nitrogens with zero attached hydrogens (tertiary/aromatic N) is 1. The molecule has 0 aromatic heterocycles. The number of nitro groups is 1. The highest BCUT2D eigenvalue weighted by molar-refractivity contribution is 5.98. The number of ether oxygens (including phenoxy) is 3. The average Bonchev–Trinajstić information content (AvgIpc) is 2.88. The van der Waals surface area contributed by atoms with Gasteiger partial charge in [-0.3, -0.25) is 24.5 Å². The van der Waals surface area contributed by atoms with Gasteiger partial charge >= 0.3 is 5.97 Å². The van der Waals surface area contributed by atoms with Crippen molar-refractivity contribution < 1.29 is 33.5 Å². The molecule has 0 aliphatic heterocycles. The lowest BCUT2D eigenvalue weighted by molar-refractivity contribution is -0.384. The molecule has 0 spiro atoms. The summed E-state index contributed by atoms with van der Waals surface area (Å²) in [7, 11) is 1.35. The molecule has 3 rings (SSSR count). The number of carbonyl (C=O) groups excluding carboxylic acids is 3. The molecule has 0 radical (unpaired) electrons. The van der Waals surface area contributed by atoms with E-state index in [0.717, 1.165) is 6.07 Å². The predicted molar refractivity (Wildman–Crippen MR) is 129 cm³/mol. The minimum atomic E-state index is -1.27. The van der Waals surface area contributed by atoms with Crippen LogP contribution in [0.15, 0.2) is 72.8 Å². The van der Waals surface area contributed by atoms with Crippen LogP contribution in [0.4, 0.5) is 11.4 Å². The third kappa shape index (κ3) is 7.03. The van der Waals surface area contributed by atoms with E-state index in [9.17, 15) is 24.5 Å². The number of esters is 1. The fraction of sp³-hybridized carbons (Fsp3) is 0.160. The van der Waals surface area contributed by atoms with Crippen LogP contribution in [0.1, 0.15) is 17.3 Å². The minimum absolute atomic E-state index is 0.0818. The molecule has 0 fully saturated rings. The van der Waals surface area contributed by atoms with Crippen molar-refractivity contribution in [3.8, 4) is 17.2 Å². The smallest absolute Gasteiger partial charge is 0.326 e. The Morgan fingerprint density at radius 1 is 0.944 bits per heavy atom. The maximum atomic E-state index is 12.4. The normalized spacial score (nSPS) is 11.1. The maximum Gasteiger partial charge on any atom is 0.326 e. The number of amides is 2. The average molecular weight is 493 g/mol. The molecule has 11 nitrogen and oxygen atoms in total. The molecular weight excluding hydrogens is 470 g/mol. The summed E-state index contributed by atoms with van der Waals surface area (Å²) in [4.78, 5) is 47.4. The molecule has 0 saturated heterocycles. The van der Waals surface area contributed by atoms with Crippen molar-refractivity contribution in [2.75, 3.05) is 19.0 Å². The predicted octanol–water partition coefficient (Wildman–Crippen LogP) is 3.70. The highest BCUT2D eigenvalue weighted by Crippen LogP contribution is 2.29. The molecule has 3 aromatic carbocycles. The summed E-state index contributed by atoms with van der Waals surface area (Å²) in [5.41, 5.74) is -0.170. The summed E-state index contributed by atoms with van der Waals surface area (Å²) >= 11 is 0. The SMILES string of the molecule is COc1ccc(NC(=O)C(C)OC(=O)CNC(=O)c2ccc(Oc3ccccc3)cc2)c([N+](=O)[O-])c1. The van der Waals surface area contributed by atoms with Crippen molar-refractivity contribution in [2.45, 2.75) is 13.0 Å². The zero-order chi connectivity index (χ0) is 26.1. The van der Waals surface area contributed by atoms with Gasteiger partial charge in [-0.05, 0) is 55.5 Å². The lowest BCUT2D eigenvalue weighted by Crippen LogP contribution is -2.35. The summed E-state index contributed by atoms with van der Waals surface area (Å²) in [5, 5.41) is 16.0. The molecule has 1 atom stereocenters. The number of nitrogens with one attached hydrogen (secondary N) is 2. The van der Waals surface area contributed by atoms with E-state index >= 15 is 0 Å². The number of hydrogen-bond acceptors (Lipinski definition) is 8. The highest BCUT2D eigenvalue weighted by Gasteiger charge is 2.23. The second-order valence-corrected chi connectivity index (χ2v) is 7.38. The van der Waals surface area contributed by atoms with Gasteiger partial charge in [-0.15, -0.1) is 0 Å². The fourth-order valence-electron chi connectivity index (χ4n) is 2.98. The van der Waals surface area contributed by atoms with Crippen molar-refractivity contribution >= 4 is 29.2 Å². The van der Waals surface area contributed by atoms with Gasteiger partial charge in [-0.1, -0.05) is 18.2 Å². The van der Waals surface area contributed by atoms with E-state index in [0.29, 0.717) is 17.1 Å². The molecule has 0 saturated carbocycles. The van der Waals surface area contributed by atoms with Crippen molar-refractivity contribution in [3.05, 3.63) is 88.5 Å². The minimum Gasteiger partial charge on any atom is -0.496 e. The molecule has 36 heavy (non-hydrogen) atoms. The Labute approximate surface area is 206 Å². The Bertz CT molecular complexity index is 1250. The molecule has 186 valence electrons. The fourth-order valence-corrected chi connectivity index (χ4v) is 2.98. The zero-order valence-corrected chi connectivity index (χ0v) is 19.4. The first-order valence-corrected chi connectivity index (χ1v) is 10.7. The molecule has 0 aliphatic rings. The Hall–Kier alpha value is -4.93. The third-order valence-corrected chi connectivity index (χ3v) is 4.83. The van der Waals surface area contributed by atoms with Crippen molar-refractivity contribution in [3.63, 3.8) is 0 Å². The van der Waals surface area contributed by atoms with E-state index in [1.165, 1.54) is 38.3 Å². The summed E-state index contributed by atoms with van der Waals surface area (Å²) in [6.45, 7) is 0.817. The second-order valence-electron chi connectivity index (χ2n) is 7.38. The van der Waals surface area contributed by atoms with Gasteiger partial charge in [0.15, 0.2) is 6.10 Å². The lowest BCUT2D eigenvalue weighted by atomic mass is 10.2. The third-order valence-electron chi connectivity index (χ3n) is 4.83. The van der Waals surface area contributed by atoms with Crippen LogP contribution in [0.5, 0.6) is 17.2 Å². The number of methoxy groups -OCH3 is 1. The number of anilines is 1. The Balaban J connectivity index is 1.49. The van der Waals surface area contributed by atoms with E-state index in [-0.39, 0.29) is 17.1 Å². The molecule has 0 heterocycles. The quantitative estimate of drug-likeness (QED) is 0.247. The van der Waals surface area contributed by atoms with Crippen molar-refractivity contribution in [2.24, 2.45) is 0 Å². The largest absolute Gasteiger partial charge is 0.496 e. The standard InChI is InChI=1S/C25H23N3O8/c1-16(24(30)27-21-13-12-20(34-2)14-22(21)28(32)33)35-23(29)15-26-25(31)17-8-10-19(11-9-17)36-18-6-4-3-5-7-18/h3-14,16H,15H2,1-2H3,(H,26,31)(H,27,30). The van der Waals surface area contributed by atoms with Gasteiger partial charge in [-0.25, -0.2) is 0 Å². The molecule has 11 heteroatoms. The molecule has 0 bridgehead atoms. The van der Waals surface area contributed by atoms with E-state index in [4.69, 9.17) is 14.2 Å². The van der Waals surface area contributed by atoms with Crippen LogP contribution in [-0.2, 0) is 14.3 Å². The van der Waals surface area contributed by atoms with E-state index in [1.54, 1.807) is 24.3 Å². The topological polar surface area (TPSA) is 146 Å². The van der Waals surface area contributed by atoms with Gasteiger partial charge in [0.2, 0.25) is 0 Å². The first kappa shape index (κ1) is 25.7. The van der Waals surface area contributed by atoms with Crippen LogP contribution in [0, 0.1) is 10.1 Å². The van der Waals surface area contributed by atoms with E-state index in [1.807, 2.05) is 18.2 Å². The lowest BCUT2D eigenvalue weighted by Gasteiger charge is -2.14. The number of nitro benzene ring substituents is 1. The first-order valence-electron chi connectivity index (χ1n) is 10.7. The van der Waals surface area contributed by atoms with Gasteiger partial charge in [0.1, 0.15) is 29.5 Å². The summed E-state index contributed by atoms with van der Waals surface area (Å²) in [6.07, 6.45) is -1.27. The van der Waals surface area contributed by atoms with Gasteiger partial charge in [0.25, 0.3) is 17.5 Å². The van der Waals surface area contributed by atoms with E-state index < -0.39 is 35.4 Å². The van der Waals surface area contributed by atoms with Crippen LogP contribution >= 0.6 is 0 Å². The number of carbonyl (C=O) groups is 3. The summed E-state index contributed by atoms with van der Waals surface area (Å²) in [6, 6.07) is 19.3. The second kappa shape index (κ2) is 12.0. The summed E-state index contributed by atoms with van der Waals surface area (Å²) in [5.74, 6) is -0.736. The van der Waals surface area contributed by atoms with Gasteiger partial charge in [-0.2, -0.15) is 0 Å². The van der Waals surface area contributed by atoms with Crippen LogP contribution in [0.2, 0.25) is 0 Å².